The number of ketones is 1. The van der Waals surface area contributed by atoms with Crippen molar-refractivity contribution in [2.45, 2.75) is 128 Å². The molecule has 0 amide bonds. The van der Waals surface area contributed by atoms with Crippen LogP contribution in [0, 0.1) is 23.9 Å². The zero-order valence-corrected chi connectivity index (χ0v) is 41.3. The van der Waals surface area contributed by atoms with Gasteiger partial charge in [0, 0.05) is 48.6 Å². The summed E-state index contributed by atoms with van der Waals surface area (Å²) in [7, 11) is 1.60. The van der Waals surface area contributed by atoms with Crippen molar-refractivity contribution in [1.82, 2.24) is 0 Å². The van der Waals surface area contributed by atoms with Crippen molar-refractivity contribution in [2.24, 2.45) is 11.8 Å². The molecule has 5 aromatic carbocycles. The number of Topliss-reactive ketones (excluding diaryl/α,β-unsaturated/α-hetero) is 1. The van der Waals surface area contributed by atoms with E-state index in [1.807, 2.05) is 67.6 Å². The molecule has 4 aliphatic rings. The van der Waals surface area contributed by atoms with Crippen LogP contribution >= 0.6 is 0 Å². The van der Waals surface area contributed by atoms with Gasteiger partial charge in [-0.3, -0.25) is 4.79 Å². The van der Waals surface area contributed by atoms with Gasteiger partial charge in [0.25, 0.3) is 0 Å². The van der Waals surface area contributed by atoms with E-state index in [2.05, 4.69) is 72.8 Å². The molecule has 372 valence electrons. The topological polar surface area (TPSA) is 158 Å². The van der Waals surface area contributed by atoms with Crippen molar-refractivity contribution in [3.63, 3.8) is 0 Å². The van der Waals surface area contributed by atoms with Gasteiger partial charge in [0.1, 0.15) is 36.1 Å². The molecule has 0 spiro atoms. The number of rotatable bonds is 17. The quantitative estimate of drug-likeness (QED) is 0.0391. The number of phenolic OH excluding ortho intramolecular Hbond substituents is 1. The summed E-state index contributed by atoms with van der Waals surface area (Å²) >= 11 is 0. The molecule has 6 N–H and O–H groups in total. The Morgan fingerprint density at radius 2 is 1.72 bits per heavy atom. The largest absolute Gasteiger partial charge is 0.508 e. The number of fused-ring (bicyclic) bond motifs is 9. The molecular weight excluding hydrogens is 891 g/mol. The SMILES string of the molecule is COc1ccc2cc1OCc1c(CO)cc3c(c(O)cc4c3c1C=C[C@@H]4C)CC#CO[C@@H](C[C@H]1C=C(O)C(CCCO)=C[C@@H]1CCCCc1cccc(N[C@H](Cc3ccccc3)[C@H](C)O)c1)CC(=O)CC2. The average molecular weight is 960 g/mol. The summed E-state index contributed by atoms with van der Waals surface area (Å²) in [4.78, 5) is 13.9. The number of anilines is 1. The van der Waals surface area contributed by atoms with Crippen molar-refractivity contribution < 1.29 is 44.5 Å². The number of aliphatic hydroxyl groups excluding tert-OH is 4. The molecule has 9 rings (SSSR count). The predicted octanol–water partition coefficient (Wildman–Crippen LogP) is 11.1. The van der Waals surface area contributed by atoms with Gasteiger partial charge >= 0.3 is 0 Å². The molecule has 2 aliphatic carbocycles. The van der Waals surface area contributed by atoms with Crippen LogP contribution in [0.5, 0.6) is 17.2 Å². The zero-order valence-electron chi connectivity index (χ0n) is 41.3. The second kappa shape index (κ2) is 24.1. The number of aromatic hydroxyl groups is 1. The number of aliphatic hydroxyl groups is 4. The van der Waals surface area contributed by atoms with Crippen LogP contribution in [0.3, 0.4) is 0 Å². The summed E-state index contributed by atoms with van der Waals surface area (Å²) < 4.78 is 18.6. The molecule has 6 atom stereocenters. The highest BCUT2D eigenvalue weighted by Gasteiger charge is 2.30. The Balaban J connectivity index is 1.03. The van der Waals surface area contributed by atoms with Crippen LogP contribution in [0.4, 0.5) is 5.69 Å². The number of methoxy groups -OCH3 is 1. The van der Waals surface area contributed by atoms with Crippen molar-refractivity contribution in [3.05, 3.63) is 159 Å². The molecule has 2 aliphatic heterocycles. The van der Waals surface area contributed by atoms with Gasteiger partial charge in [0.15, 0.2) is 11.5 Å². The fourth-order valence-corrected chi connectivity index (χ4v) is 10.6. The molecule has 5 aromatic rings. The summed E-state index contributed by atoms with van der Waals surface area (Å²) in [5, 5.41) is 59.3. The summed E-state index contributed by atoms with van der Waals surface area (Å²) in [6, 6.07) is 27.9. The minimum atomic E-state index is -0.585. The third-order valence-corrected chi connectivity index (χ3v) is 14.5. The fourth-order valence-electron chi connectivity index (χ4n) is 10.6. The highest BCUT2D eigenvalue weighted by Crippen LogP contribution is 2.44. The van der Waals surface area contributed by atoms with E-state index in [-0.39, 0.29) is 80.2 Å². The number of aryl methyl sites for hydroxylation is 2. The van der Waals surface area contributed by atoms with Crippen LogP contribution in [0.15, 0.2) is 114 Å². The number of benzene rings is 5. The number of carbonyl (C=O) groups is 1. The number of unbranched alkanes of at least 4 members (excludes halogenated alkanes) is 1. The van der Waals surface area contributed by atoms with Crippen LogP contribution in [-0.4, -0.2) is 63.3 Å². The van der Waals surface area contributed by atoms with Gasteiger partial charge in [-0.05, 0) is 162 Å². The summed E-state index contributed by atoms with van der Waals surface area (Å²) in [5.41, 5.74) is 9.15. The normalized spacial score (nSPS) is 19.8. The van der Waals surface area contributed by atoms with E-state index in [4.69, 9.17) is 14.2 Å². The number of phenols is 1. The van der Waals surface area contributed by atoms with Gasteiger partial charge in [0.2, 0.25) is 0 Å². The van der Waals surface area contributed by atoms with Gasteiger partial charge in [-0.1, -0.05) is 86.0 Å². The molecule has 10 nitrogen and oxygen atoms in total. The Morgan fingerprint density at radius 1 is 0.887 bits per heavy atom. The molecule has 6 bridgehead atoms. The zero-order chi connectivity index (χ0) is 49.9. The van der Waals surface area contributed by atoms with E-state index in [9.17, 15) is 30.3 Å². The number of nitrogens with one attached hydrogen (secondary N) is 1. The molecule has 0 fully saturated rings. The number of ether oxygens (including phenoxy) is 3. The molecule has 2 heterocycles. The van der Waals surface area contributed by atoms with E-state index >= 15 is 0 Å². The first kappa shape index (κ1) is 50.9. The average Bonchev–Trinajstić information content (AvgIpc) is 3.37. The molecule has 0 radical (unpaired) electrons. The third-order valence-electron chi connectivity index (χ3n) is 14.5. The lowest BCUT2D eigenvalue weighted by atomic mass is 9.77. The summed E-state index contributed by atoms with van der Waals surface area (Å²) in [6.45, 7) is 3.87. The van der Waals surface area contributed by atoms with Crippen LogP contribution in [0.2, 0.25) is 0 Å². The molecule has 0 saturated carbocycles. The van der Waals surface area contributed by atoms with Gasteiger partial charge in [-0.15, -0.1) is 0 Å². The maximum absolute atomic E-state index is 13.9. The predicted molar refractivity (Wildman–Crippen MR) is 281 cm³/mol. The Labute approximate surface area is 418 Å². The summed E-state index contributed by atoms with van der Waals surface area (Å²) in [5.74, 6) is 4.55. The van der Waals surface area contributed by atoms with E-state index in [1.165, 1.54) is 5.56 Å². The Hall–Kier alpha value is -6.51. The van der Waals surface area contributed by atoms with Gasteiger partial charge in [-0.25, -0.2) is 0 Å². The molecule has 0 saturated heterocycles. The van der Waals surface area contributed by atoms with Gasteiger partial charge < -0.3 is 45.1 Å². The highest BCUT2D eigenvalue weighted by atomic mass is 16.5. The number of allylic oxidation sites excluding steroid dienone is 4. The second-order valence-corrected chi connectivity index (χ2v) is 19.6. The first-order valence-corrected chi connectivity index (χ1v) is 25.4. The van der Waals surface area contributed by atoms with Gasteiger partial charge in [0.05, 0.1) is 25.9 Å². The van der Waals surface area contributed by atoms with Crippen LogP contribution in [-0.2, 0) is 48.4 Å². The summed E-state index contributed by atoms with van der Waals surface area (Å²) in [6.07, 6.45) is 16.9. The van der Waals surface area contributed by atoms with Crippen molar-refractivity contribution in [1.29, 1.82) is 0 Å². The molecule has 0 aromatic heterocycles. The second-order valence-electron chi connectivity index (χ2n) is 19.6. The van der Waals surface area contributed by atoms with E-state index in [0.29, 0.717) is 54.7 Å². The Bertz CT molecular complexity index is 2820. The van der Waals surface area contributed by atoms with Crippen molar-refractivity contribution in [3.8, 4) is 29.3 Å². The molecule has 10 heteroatoms. The third kappa shape index (κ3) is 12.7. The fraction of sp³-hybridized carbons (Fsp3) is 0.393. The first-order chi connectivity index (χ1) is 34.5. The smallest absolute Gasteiger partial charge is 0.161 e. The van der Waals surface area contributed by atoms with Crippen molar-refractivity contribution in [2.75, 3.05) is 19.0 Å². The Kier molecular flexibility index (Phi) is 17.2. The lowest BCUT2D eigenvalue weighted by molar-refractivity contribution is -0.121. The highest BCUT2D eigenvalue weighted by molar-refractivity contribution is 6.00. The number of hydrogen-bond acceptors (Lipinski definition) is 10. The van der Waals surface area contributed by atoms with E-state index in [0.717, 1.165) is 75.5 Å². The maximum atomic E-state index is 13.9. The maximum Gasteiger partial charge on any atom is 0.161 e. The minimum Gasteiger partial charge on any atom is -0.508 e. The van der Waals surface area contributed by atoms with Gasteiger partial charge in [-0.2, -0.15) is 0 Å². The Morgan fingerprint density at radius 3 is 2.51 bits per heavy atom. The molecule has 0 unspecified atom stereocenters. The number of hydrogen-bond donors (Lipinski definition) is 6. The molecule has 71 heavy (non-hydrogen) atoms. The standard InChI is InChI=1S/C61H69NO9/c1-39-20-24-52-55-38-71-60-30-43(22-25-59(60)69-3)21-23-49(66)35-50(70-27-11-19-51-54(33-47(55)37-64)61(52)53(39)36-58(51)68)32-46-34-57(67)45(17-10-26-63)31-44(46)16-8-7-14-41-15-9-18-48(28-41)62-56(40(2)65)29-42-12-5-4-6-13-42/h4-6,9,12-13,15,18,20,22,24-25,28,30-31,33-34,36,39-40,44,46,50,56,62-65,67-68H,7-8,10,14,16-17,19,21,23,26,29,32,35,37-38H2,1-3H3/t39-,40-,44-,46-,50-,56+/m0/s1. The van der Waals surface area contributed by atoms with E-state index in [1.54, 1.807) is 7.11 Å². The number of carbonyl (C=O) groups excluding carboxylic acids is 1. The van der Waals surface area contributed by atoms with Crippen molar-refractivity contribution >= 4 is 28.3 Å². The minimum absolute atomic E-state index is 0.0216. The van der Waals surface area contributed by atoms with Crippen LogP contribution < -0.4 is 14.8 Å². The lowest BCUT2D eigenvalue weighted by Crippen LogP contribution is -2.33. The monoisotopic (exact) mass is 959 g/mol. The van der Waals surface area contributed by atoms with Crippen LogP contribution in [0.1, 0.15) is 116 Å². The van der Waals surface area contributed by atoms with Crippen LogP contribution in [0.25, 0.3) is 16.8 Å². The van der Waals surface area contributed by atoms with E-state index < -0.39 is 12.2 Å². The lowest BCUT2D eigenvalue weighted by Gasteiger charge is -2.30. The first-order valence-electron chi connectivity index (χ1n) is 25.4. The molecular formula is C61H69NO9.